The topological polar surface area (TPSA) is 87.7 Å². The van der Waals surface area contributed by atoms with Crippen LogP contribution in [0.15, 0.2) is 54.6 Å². The van der Waals surface area contributed by atoms with E-state index >= 15 is 0 Å². The minimum absolute atomic E-state index is 0.184. The molecule has 0 atom stereocenters. The molecular formula is C22H18FN3O4S. The molecule has 2 aromatic carbocycles. The van der Waals surface area contributed by atoms with Crippen LogP contribution in [0.2, 0.25) is 0 Å². The largest absolute Gasteiger partial charge is 0.447 e. The molecule has 0 bridgehead atoms. The molecule has 2 heterocycles. The maximum absolute atomic E-state index is 13.4. The van der Waals surface area contributed by atoms with Gasteiger partial charge in [-0.15, -0.1) is 11.3 Å². The molecule has 1 aliphatic heterocycles. The summed E-state index contributed by atoms with van der Waals surface area (Å²) in [5.41, 5.74) is 1.88. The van der Waals surface area contributed by atoms with Crippen LogP contribution in [-0.4, -0.2) is 31.1 Å². The van der Waals surface area contributed by atoms with E-state index in [4.69, 9.17) is 4.74 Å². The number of halogens is 1. The minimum Gasteiger partial charge on any atom is -0.447 e. The fourth-order valence-corrected chi connectivity index (χ4v) is 4.15. The second-order valence-electron chi connectivity index (χ2n) is 6.82. The van der Waals surface area contributed by atoms with Crippen molar-refractivity contribution in [3.8, 4) is 0 Å². The Kier molecular flexibility index (Phi) is 5.68. The molecule has 0 aliphatic carbocycles. The lowest BCUT2D eigenvalue weighted by Gasteiger charge is -2.17. The average molecular weight is 439 g/mol. The van der Waals surface area contributed by atoms with Crippen molar-refractivity contribution in [2.45, 2.75) is 6.92 Å². The third kappa shape index (κ3) is 4.41. The molecule has 31 heavy (non-hydrogen) atoms. The number of benzene rings is 2. The highest BCUT2D eigenvalue weighted by atomic mass is 32.1. The maximum atomic E-state index is 13.4. The van der Waals surface area contributed by atoms with Gasteiger partial charge in [0.05, 0.1) is 27.8 Å². The SMILES string of the molecule is Cc1cc(NC(=O)c2cccc(F)c2)sc1C(=O)Nc1ccccc1N1CCOC1=O. The number of ether oxygens (including phenoxy) is 1. The number of carbonyl (C=O) groups excluding carboxylic acids is 3. The van der Waals surface area contributed by atoms with Gasteiger partial charge in [-0.2, -0.15) is 0 Å². The number of carbonyl (C=O) groups is 3. The van der Waals surface area contributed by atoms with Gasteiger partial charge < -0.3 is 15.4 Å². The number of anilines is 3. The van der Waals surface area contributed by atoms with Crippen LogP contribution in [0.5, 0.6) is 0 Å². The average Bonchev–Trinajstić information content (AvgIpc) is 3.33. The fraction of sp³-hybridized carbons (Fsp3) is 0.136. The van der Waals surface area contributed by atoms with Crippen molar-refractivity contribution >= 4 is 45.6 Å². The molecule has 1 fully saturated rings. The number of amides is 3. The summed E-state index contributed by atoms with van der Waals surface area (Å²) in [6.07, 6.45) is -0.462. The van der Waals surface area contributed by atoms with Crippen LogP contribution in [0.25, 0.3) is 0 Å². The van der Waals surface area contributed by atoms with Crippen molar-refractivity contribution in [1.82, 2.24) is 0 Å². The van der Waals surface area contributed by atoms with E-state index in [0.29, 0.717) is 40.0 Å². The lowest BCUT2D eigenvalue weighted by molar-refractivity contribution is 0.102. The number of thiophene rings is 1. The van der Waals surface area contributed by atoms with Crippen molar-refractivity contribution in [1.29, 1.82) is 0 Å². The van der Waals surface area contributed by atoms with Crippen LogP contribution in [0, 0.1) is 12.7 Å². The van der Waals surface area contributed by atoms with Crippen molar-refractivity contribution in [2.24, 2.45) is 0 Å². The first-order valence-electron chi connectivity index (χ1n) is 9.44. The Balaban J connectivity index is 1.51. The molecule has 3 aromatic rings. The Morgan fingerprint density at radius 3 is 2.61 bits per heavy atom. The molecule has 7 nitrogen and oxygen atoms in total. The van der Waals surface area contributed by atoms with Gasteiger partial charge in [0.25, 0.3) is 11.8 Å². The van der Waals surface area contributed by atoms with Gasteiger partial charge in [-0.05, 0) is 48.9 Å². The van der Waals surface area contributed by atoms with E-state index in [2.05, 4.69) is 10.6 Å². The van der Waals surface area contributed by atoms with Gasteiger partial charge in [-0.25, -0.2) is 9.18 Å². The monoisotopic (exact) mass is 439 g/mol. The van der Waals surface area contributed by atoms with Crippen molar-refractivity contribution < 1.29 is 23.5 Å². The van der Waals surface area contributed by atoms with E-state index in [1.807, 2.05) is 0 Å². The summed E-state index contributed by atoms with van der Waals surface area (Å²) in [6.45, 7) is 2.45. The number of nitrogens with zero attached hydrogens (tertiary/aromatic N) is 1. The van der Waals surface area contributed by atoms with E-state index < -0.39 is 17.8 Å². The predicted molar refractivity (Wildman–Crippen MR) is 116 cm³/mol. The Morgan fingerprint density at radius 2 is 1.87 bits per heavy atom. The zero-order valence-corrected chi connectivity index (χ0v) is 17.3. The molecule has 4 rings (SSSR count). The summed E-state index contributed by atoms with van der Waals surface area (Å²) in [6, 6.07) is 14.0. The Labute approximate surface area is 181 Å². The van der Waals surface area contributed by atoms with Crippen molar-refractivity contribution in [2.75, 3.05) is 28.7 Å². The van der Waals surface area contributed by atoms with E-state index in [1.54, 1.807) is 37.3 Å². The van der Waals surface area contributed by atoms with Gasteiger partial charge in [0.15, 0.2) is 0 Å². The summed E-state index contributed by atoms with van der Waals surface area (Å²) in [4.78, 5) is 39.0. The molecule has 1 aliphatic rings. The fourth-order valence-electron chi connectivity index (χ4n) is 3.19. The summed E-state index contributed by atoms with van der Waals surface area (Å²) in [5, 5.41) is 5.99. The zero-order chi connectivity index (χ0) is 22.0. The highest BCUT2D eigenvalue weighted by molar-refractivity contribution is 7.18. The van der Waals surface area contributed by atoms with Crippen LogP contribution in [0.4, 0.5) is 25.6 Å². The molecular weight excluding hydrogens is 421 g/mol. The minimum atomic E-state index is -0.504. The molecule has 1 saturated heterocycles. The summed E-state index contributed by atoms with van der Waals surface area (Å²) in [5.74, 6) is -1.34. The first kappa shape index (κ1) is 20.5. The molecule has 0 spiro atoms. The summed E-state index contributed by atoms with van der Waals surface area (Å²) >= 11 is 1.11. The van der Waals surface area contributed by atoms with Crippen LogP contribution in [0.1, 0.15) is 25.6 Å². The quantitative estimate of drug-likeness (QED) is 0.605. The third-order valence-corrected chi connectivity index (χ3v) is 5.80. The molecule has 0 saturated carbocycles. The van der Waals surface area contributed by atoms with E-state index in [1.165, 1.54) is 23.1 Å². The maximum Gasteiger partial charge on any atom is 0.414 e. The molecule has 0 radical (unpaired) electrons. The summed E-state index contributed by atoms with van der Waals surface area (Å²) in [7, 11) is 0. The van der Waals surface area contributed by atoms with Gasteiger partial charge in [0, 0.05) is 5.56 Å². The van der Waals surface area contributed by atoms with Gasteiger partial charge in [0.1, 0.15) is 12.4 Å². The zero-order valence-electron chi connectivity index (χ0n) is 16.5. The smallest absolute Gasteiger partial charge is 0.414 e. The molecule has 9 heteroatoms. The lowest BCUT2D eigenvalue weighted by Crippen LogP contribution is -2.25. The first-order valence-corrected chi connectivity index (χ1v) is 10.3. The van der Waals surface area contributed by atoms with Crippen molar-refractivity contribution in [3.05, 3.63) is 76.4 Å². The number of cyclic esters (lactones) is 1. The van der Waals surface area contributed by atoms with Crippen LogP contribution in [-0.2, 0) is 4.74 Å². The van der Waals surface area contributed by atoms with Crippen LogP contribution < -0.4 is 15.5 Å². The number of rotatable bonds is 5. The number of hydrogen-bond donors (Lipinski definition) is 2. The highest BCUT2D eigenvalue weighted by Gasteiger charge is 2.26. The highest BCUT2D eigenvalue weighted by Crippen LogP contribution is 2.31. The lowest BCUT2D eigenvalue weighted by atomic mass is 10.2. The standard InChI is InChI=1S/C22H18FN3O4S/c1-13-11-18(25-20(27)14-5-4-6-15(23)12-14)31-19(13)21(28)24-16-7-2-3-8-17(16)26-9-10-30-22(26)29/h2-8,11-12H,9-10H2,1H3,(H,24,28)(H,25,27). The first-order chi connectivity index (χ1) is 14.9. The second kappa shape index (κ2) is 8.57. The Bertz CT molecular complexity index is 1180. The Morgan fingerprint density at radius 1 is 1.06 bits per heavy atom. The van der Waals surface area contributed by atoms with E-state index in [0.717, 1.165) is 17.4 Å². The molecule has 0 unspecified atom stereocenters. The number of para-hydroxylation sites is 2. The van der Waals surface area contributed by atoms with Gasteiger partial charge in [-0.3, -0.25) is 14.5 Å². The second-order valence-corrected chi connectivity index (χ2v) is 7.88. The third-order valence-electron chi connectivity index (χ3n) is 4.65. The normalized spacial score (nSPS) is 13.1. The summed E-state index contributed by atoms with van der Waals surface area (Å²) < 4.78 is 18.3. The molecule has 158 valence electrons. The number of nitrogens with one attached hydrogen (secondary N) is 2. The molecule has 1 aromatic heterocycles. The van der Waals surface area contributed by atoms with E-state index in [-0.39, 0.29) is 11.5 Å². The Hall–Kier alpha value is -3.72. The van der Waals surface area contributed by atoms with Crippen LogP contribution in [0.3, 0.4) is 0 Å². The number of hydrogen-bond acceptors (Lipinski definition) is 5. The molecule has 2 N–H and O–H groups in total. The van der Waals surface area contributed by atoms with Gasteiger partial charge >= 0.3 is 6.09 Å². The van der Waals surface area contributed by atoms with E-state index in [9.17, 15) is 18.8 Å². The van der Waals surface area contributed by atoms with Gasteiger partial charge in [0.2, 0.25) is 0 Å². The van der Waals surface area contributed by atoms with Gasteiger partial charge in [-0.1, -0.05) is 18.2 Å². The van der Waals surface area contributed by atoms with Crippen LogP contribution >= 0.6 is 11.3 Å². The number of aryl methyl sites for hydroxylation is 1. The molecule has 3 amide bonds. The van der Waals surface area contributed by atoms with Crippen molar-refractivity contribution in [3.63, 3.8) is 0 Å². The predicted octanol–water partition coefficient (Wildman–Crippen LogP) is 4.66.